The van der Waals surface area contributed by atoms with Gasteiger partial charge in [-0.05, 0) is 31.8 Å². The van der Waals surface area contributed by atoms with E-state index in [0.29, 0.717) is 0 Å². The maximum atomic E-state index is 9.71. The van der Waals surface area contributed by atoms with E-state index in [1.54, 1.807) is 0 Å². The fourth-order valence-electron chi connectivity index (χ4n) is 1.28. The molecule has 1 unspecified atom stereocenters. The number of allylic oxidation sites excluding steroid dienone is 3. The topological polar surface area (TPSA) is 20.2 Å². The van der Waals surface area contributed by atoms with Crippen LogP contribution in [0.5, 0.6) is 0 Å². The van der Waals surface area contributed by atoms with E-state index in [2.05, 4.69) is 32.1 Å². The van der Waals surface area contributed by atoms with Gasteiger partial charge in [0.25, 0.3) is 0 Å². The van der Waals surface area contributed by atoms with E-state index in [-0.39, 0.29) is 6.10 Å². The second kappa shape index (κ2) is 9.01. The summed E-state index contributed by atoms with van der Waals surface area (Å²) >= 11 is 0. The zero-order valence-electron chi connectivity index (χ0n) is 9.79. The Bertz CT molecular complexity index is 180. The van der Waals surface area contributed by atoms with Crippen molar-refractivity contribution >= 4 is 0 Å². The Hall–Kier alpha value is -0.560. The first-order valence-electron chi connectivity index (χ1n) is 5.72. The number of rotatable bonds is 7. The van der Waals surface area contributed by atoms with Crippen molar-refractivity contribution < 1.29 is 5.11 Å². The average molecular weight is 196 g/mol. The van der Waals surface area contributed by atoms with Gasteiger partial charge in [-0.2, -0.15) is 0 Å². The summed E-state index contributed by atoms with van der Waals surface area (Å²) in [7, 11) is 0. The van der Waals surface area contributed by atoms with Crippen molar-refractivity contribution in [2.75, 3.05) is 0 Å². The summed E-state index contributed by atoms with van der Waals surface area (Å²) in [4.78, 5) is 0. The Morgan fingerprint density at radius 1 is 1.29 bits per heavy atom. The van der Waals surface area contributed by atoms with E-state index in [4.69, 9.17) is 0 Å². The quantitative estimate of drug-likeness (QED) is 0.613. The smallest absolute Gasteiger partial charge is 0.0747 e. The standard InChI is InChI=1S/C13H24O/c1-4-6-8-9-10-12(3)13(14)11-7-5-2/h6,8,10,13-14H,4-5,7,9,11H2,1-3H3/b8-6+,12-10-. The summed E-state index contributed by atoms with van der Waals surface area (Å²) in [6.45, 7) is 6.29. The normalized spacial score (nSPS) is 15.0. The molecule has 0 bridgehead atoms. The minimum absolute atomic E-state index is 0.232. The van der Waals surface area contributed by atoms with Crippen LogP contribution in [0.1, 0.15) is 52.9 Å². The van der Waals surface area contributed by atoms with Crippen LogP contribution in [0, 0.1) is 0 Å². The van der Waals surface area contributed by atoms with Gasteiger partial charge in [-0.1, -0.05) is 44.9 Å². The molecule has 1 N–H and O–H groups in total. The minimum atomic E-state index is -0.232. The van der Waals surface area contributed by atoms with Gasteiger partial charge in [0.2, 0.25) is 0 Å². The molecule has 0 spiro atoms. The molecule has 0 fully saturated rings. The zero-order chi connectivity index (χ0) is 10.8. The molecule has 0 heterocycles. The monoisotopic (exact) mass is 196 g/mol. The van der Waals surface area contributed by atoms with Crippen LogP contribution in [0.25, 0.3) is 0 Å². The Morgan fingerprint density at radius 2 is 2.00 bits per heavy atom. The summed E-state index contributed by atoms with van der Waals surface area (Å²) < 4.78 is 0. The highest BCUT2D eigenvalue weighted by Gasteiger charge is 2.03. The lowest BCUT2D eigenvalue weighted by molar-refractivity contribution is 0.196. The minimum Gasteiger partial charge on any atom is -0.389 e. The average Bonchev–Trinajstić information content (AvgIpc) is 2.20. The maximum absolute atomic E-state index is 9.71. The molecule has 0 aliphatic heterocycles. The van der Waals surface area contributed by atoms with E-state index in [0.717, 1.165) is 37.7 Å². The van der Waals surface area contributed by atoms with Gasteiger partial charge >= 0.3 is 0 Å². The number of aliphatic hydroxyl groups is 1. The maximum Gasteiger partial charge on any atom is 0.0747 e. The second-order valence-electron chi connectivity index (χ2n) is 3.72. The van der Waals surface area contributed by atoms with E-state index < -0.39 is 0 Å². The van der Waals surface area contributed by atoms with Crippen LogP contribution in [-0.4, -0.2) is 11.2 Å². The van der Waals surface area contributed by atoms with Gasteiger partial charge < -0.3 is 5.11 Å². The first-order chi connectivity index (χ1) is 6.72. The largest absolute Gasteiger partial charge is 0.389 e. The van der Waals surface area contributed by atoms with Crippen LogP contribution in [0.3, 0.4) is 0 Å². The summed E-state index contributed by atoms with van der Waals surface area (Å²) in [6.07, 6.45) is 11.4. The van der Waals surface area contributed by atoms with Gasteiger partial charge in [0, 0.05) is 0 Å². The van der Waals surface area contributed by atoms with E-state index in [1.165, 1.54) is 0 Å². The Labute approximate surface area is 88.5 Å². The molecule has 0 saturated heterocycles. The molecule has 0 aliphatic carbocycles. The van der Waals surface area contributed by atoms with Gasteiger partial charge in [0.15, 0.2) is 0 Å². The van der Waals surface area contributed by atoms with Crippen LogP contribution in [0.15, 0.2) is 23.8 Å². The lowest BCUT2D eigenvalue weighted by atomic mass is 10.0. The van der Waals surface area contributed by atoms with Gasteiger partial charge in [0.1, 0.15) is 0 Å². The highest BCUT2D eigenvalue weighted by molar-refractivity contribution is 5.06. The fraction of sp³-hybridized carbons (Fsp3) is 0.692. The second-order valence-corrected chi connectivity index (χ2v) is 3.72. The van der Waals surface area contributed by atoms with Crippen molar-refractivity contribution in [3.63, 3.8) is 0 Å². The number of aliphatic hydroxyl groups excluding tert-OH is 1. The first-order valence-corrected chi connectivity index (χ1v) is 5.72. The third-order valence-electron chi connectivity index (χ3n) is 2.34. The molecule has 0 aliphatic rings. The van der Waals surface area contributed by atoms with Crippen LogP contribution in [-0.2, 0) is 0 Å². The predicted octanol–water partition coefficient (Wildman–Crippen LogP) is 3.84. The molecule has 0 aromatic heterocycles. The van der Waals surface area contributed by atoms with Crippen molar-refractivity contribution in [3.05, 3.63) is 23.8 Å². The fourth-order valence-corrected chi connectivity index (χ4v) is 1.28. The highest BCUT2D eigenvalue weighted by Crippen LogP contribution is 2.10. The molecule has 1 atom stereocenters. The molecule has 1 nitrogen and oxygen atoms in total. The third kappa shape index (κ3) is 6.90. The van der Waals surface area contributed by atoms with E-state index >= 15 is 0 Å². The SMILES string of the molecule is CC/C=C/C/C=C(/C)C(O)CCCC. The molecule has 0 aromatic carbocycles. The van der Waals surface area contributed by atoms with Crippen LogP contribution in [0.2, 0.25) is 0 Å². The summed E-state index contributed by atoms with van der Waals surface area (Å²) in [5, 5.41) is 9.71. The third-order valence-corrected chi connectivity index (χ3v) is 2.34. The summed E-state index contributed by atoms with van der Waals surface area (Å²) in [6, 6.07) is 0. The van der Waals surface area contributed by atoms with Gasteiger partial charge in [-0.25, -0.2) is 0 Å². The molecule has 14 heavy (non-hydrogen) atoms. The molecule has 0 amide bonds. The summed E-state index contributed by atoms with van der Waals surface area (Å²) in [5.41, 5.74) is 1.11. The molecule has 0 rings (SSSR count). The molecular weight excluding hydrogens is 172 g/mol. The molecule has 1 heteroatoms. The molecule has 0 saturated carbocycles. The Balaban J connectivity index is 3.78. The van der Waals surface area contributed by atoms with E-state index in [1.807, 2.05) is 6.92 Å². The van der Waals surface area contributed by atoms with Crippen molar-refractivity contribution in [1.29, 1.82) is 0 Å². The number of hydrogen-bond donors (Lipinski definition) is 1. The first kappa shape index (κ1) is 13.4. The lowest BCUT2D eigenvalue weighted by Gasteiger charge is -2.09. The van der Waals surface area contributed by atoms with Crippen LogP contribution in [0.4, 0.5) is 0 Å². The number of unbranched alkanes of at least 4 members (excludes halogenated alkanes) is 1. The Kier molecular flexibility index (Phi) is 8.65. The van der Waals surface area contributed by atoms with Gasteiger partial charge in [-0.15, -0.1) is 0 Å². The van der Waals surface area contributed by atoms with Crippen LogP contribution >= 0.6 is 0 Å². The molecule has 82 valence electrons. The van der Waals surface area contributed by atoms with Crippen molar-refractivity contribution in [2.24, 2.45) is 0 Å². The summed E-state index contributed by atoms with van der Waals surface area (Å²) in [5.74, 6) is 0. The number of hydrogen-bond acceptors (Lipinski definition) is 1. The zero-order valence-corrected chi connectivity index (χ0v) is 9.79. The predicted molar refractivity (Wildman–Crippen MR) is 63.3 cm³/mol. The van der Waals surface area contributed by atoms with Crippen LogP contribution < -0.4 is 0 Å². The van der Waals surface area contributed by atoms with Crippen molar-refractivity contribution in [2.45, 2.75) is 59.0 Å². The van der Waals surface area contributed by atoms with E-state index in [9.17, 15) is 5.11 Å². The van der Waals surface area contributed by atoms with Crippen molar-refractivity contribution in [1.82, 2.24) is 0 Å². The Morgan fingerprint density at radius 3 is 2.57 bits per heavy atom. The molecular formula is C13H24O. The molecule has 0 aromatic rings. The highest BCUT2D eigenvalue weighted by atomic mass is 16.3. The lowest BCUT2D eigenvalue weighted by Crippen LogP contribution is -2.07. The van der Waals surface area contributed by atoms with Gasteiger partial charge in [-0.3, -0.25) is 0 Å². The molecule has 0 radical (unpaired) electrons. The van der Waals surface area contributed by atoms with Crippen molar-refractivity contribution in [3.8, 4) is 0 Å². The van der Waals surface area contributed by atoms with Gasteiger partial charge in [0.05, 0.1) is 6.10 Å².